The first kappa shape index (κ1) is 38.5. The number of hydrogen-bond donors (Lipinski definition) is 4. The lowest BCUT2D eigenvalue weighted by molar-refractivity contribution is -0.138. The predicted octanol–water partition coefficient (Wildman–Crippen LogP) is 11.5. The van der Waals surface area contributed by atoms with Gasteiger partial charge in [-0.25, -0.2) is 15.0 Å². The molecule has 0 atom stereocenters. The summed E-state index contributed by atoms with van der Waals surface area (Å²) in [5.41, 5.74) is 6.21. The van der Waals surface area contributed by atoms with Crippen LogP contribution in [0.2, 0.25) is 15.3 Å². The molecule has 0 fully saturated rings. The van der Waals surface area contributed by atoms with Crippen LogP contribution >= 0.6 is 34.8 Å². The summed E-state index contributed by atoms with van der Waals surface area (Å²) < 4.78 is 73.4. The lowest BCUT2D eigenvalue weighted by Gasteiger charge is -2.10. The number of nitrogens with zero attached hydrogens (tertiary/aromatic N) is 4. The fourth-order valence-corrected chi connectivity index (χ4v) is 4.39. The van der Waals surface area contributed by atoms with Crippen molar-refractivity contribution < 1.29 is 26.3 Å². The molecular weight excluding hydrogens is 741 g/mol. The fourth-order valence-electron chi connectivity index (χ4n) is 3.87. The van der Waals surface area contributed by atoms with Crippen molar-refractivity contribution in [3.05, 3.63) is 148 Å². The van der Waals surface area contributed by atoms with E-state index < -0.39 is 23.5 Å². The number of anilines is 7. The van der Waals surface area contributed by atoms with E-state index in [0.717, 1.165) is 35.6 Å². The molecule has 0 aliphatic carbocycles. The fraction of sp³-hybridized carbons (Fsp3) is 0.0588. The summed E-state index contributed by atoms with van der Waals surface area (Å²) in [5, 5.41) is 10.5. The van der Waals surface area contributed by atoms with Gasteiger partial charge in [-0.05, 0) is 109 Å². The monoisotopic (exact) mass is 764 g/mol. The summed E-state index contributed by atoms with van der Waals surface area (Å²) >= 11 is 17.4. The highest BCUT2D eigenvalue weighted by molar-refractivity contribution is 6.31. The number of aromatic nitrogens is 4. The van der Waals surface area contributed by atoms with Crippen LogP contribution in [0.4, 0.5) is 66.7 Å². The van der Waals surface area contributed by atoms with Crippen molar-refractivity contribution in [3.8, 4) is 0 Å². The zero-order valence-corrected chi connectivity index (χ0v) is 28.1. The van der Waals surface area contributed by atoms with E-state index in [1.54, 1.807) is 48.7 Å². The first-order valence-electron chi connectivity index (χ1n) is 14.4. The number of nitrogens with two attached hydrogens (primary N) is 1. The molecule has 8 nitrogen and oxygen atoms in total. The zero-order chi connectivity index (χ0) is 37.0. The van der Waals surface area contributed by atoms with Crippen LogP contribution in [0.5, 0.6) is 0 Å². The Morgan fingerprint density at radius 2 is 0.980 bits per heavy atom. The molecule has 17 heteroatoms. The lowest BCUT2D eigenvalue weighted by atomic mass is 10.2. The van der Waals surface area contributed by atoms with Crippen molar-refractivity contribution in [2.75, 3.05) is 21.7 Å². The van der Waals surface area contributed by atoms with Crippen molar-refractivity contribution in [2.24, 2.45) is 0 Å². The smallest absolute Gasteiger partial charge is 0.399 e. The normalized spacial score (nSPS) is 10.9. The van der Waals surface area contributed by atoms with Gasteiger partial charge in [0.25, 0.3) is 0 Å². The van der Waals surface area contributed by atoms with Crippen LogP contribution < -0.4 is 21.7 Å². The van der Waals surface area contributed by atoms with Crippen molar-refractivity contribution in [2.45, 2.75) is 12.4 Å². The summed E-state index contributed by atoms with van der Waals surface area (Å²) in [6.45, 7) is 0. The van der Waals surface area contributed by atoms with E-state index in [-0.39, 0.29) is 11.2 Å². The zero-order valence-electron chi connectivity index (χ0n) is 25.8. The maximum absolute atomic E-state index is 12.6. The highest BCUT2D eigenvalue weighted by atomic mass is 35.5. The van der Waals surface area contributed by atoms with Crippen molar-refractivity contribution in [3.63, 3.8) is 0 Å². The van der Waals surface area contributed by atoms with Crippen LogP contribution in [0.15, 0.2) is 122 Å². The van der Waals surface area contributed by atoms with Crippen LogP contribution in [0.1, 0.15) is 11.1 Å². The maximum Gasteiger partial charge on any atom is 0.416 e. The number of nitrogens with one attached hydrogen (secondary N) is 3. The summed E-state index contributed by atoms with van der Waals surface area (Å²) in [4.78, 5) is 16.1. The van der Waals surface area contributed by atoms with Gasteiger partial charge in [-0.2, -0.15) is 31.3 Å². The standard InChI is InChI=1S/C17H12ClF3N4.C10H7Cl2N3.C7H6F3N/c18-12-2-1-3-14(10-12)23-15-8-9-22-16(25-15)24-13-6-4-11(5-7-13)17(19,20)21;11-7-2-1-3-8(6-7)14-9-4-5-13-10(12)15-9;8-7(9,10)5-1-3-6(11)4-2-5/h1-10H,(H2,22,23,24,25);1-6H,(H,13,14,15);1-4H,11H2. The third kappa shape index (κ3) is 13.2. The van der Waals surface area contributed by atoms with Crippen LogP contribution in [0.25, 0.3) is 0 Å². The van der Waals surface area contributed by atoms with E-state index in [1.165, 1.54) is 30.5 Å². The van der Waals surface area contributed by atoms with E-state index >= 15 is 0 Å². The summed E-state index contributed by atoms with van der Waals surface area (Å²) in [5.74, 6) is 1.41. The van der Waals surface area contributed by atoms with E-state index in [9.17, 15) is 26.3 Å². The molecule has 6 aromatic rings. The Bertz CT molecular complexity index is 1970. The average molecular weight is 766 g/mol. The Balaban J connectivity index is 0.000000190. The number of halogens is 9. The summed E-state index contributed by atoms with van der Waals surface area (Å²) in [7, 11) is 0. The largest absolute Gasteiger partial charge is 0.416 e. The molecule has 2 heterocycles. The molecule has 0 amide bonds. The van der Waals surface area contributed by atoms with Gasteiger partial charge in [0, 0.05) is 45.2 Å². The minimum Gasteiger partial charge on any atom is -0.399 e. The highest BCUT2D eigenvalue weighted by Crippen LogP contribution is 2.31. The molecule has 0 saturated heterocycles. The molecule has 264 valence electrons. The molecule has 0 radical (unpaired) electrons. The van der Waals surface area contributed by atoms with Crippen LogP contribution in [-0.2, 0) is 12.4 Å². The van der Waals surface area contributed by atoms with Gasteiger partial charge in [-0.15, -0.1) is 0 Å². The molecule has 6 rings (SSSR count). The molecule has 51 heavy (non-hydrogen) atoms. The molecule has 0 bridgehead atoms. The van der Waals surface area contributed by atoms with E-state index in [0.29, 0.717) is 33.1 Å². The predicted molar refractivity (Wildman–Crippen MR) is 189 cm³/mol. The van der Waals surface area contributed by atoms with Gasteiger partial charge in [0.1, 0.15) is 11.6 Å². The van der Waals surface area contributed by atoms with Gasteiger partial charge in [-0.3, -0.25) is 0 Å². The SMILES string of the molecule is Clc1cccc(Nc2ccnc(Cl)n2)c1.FC(F)(F)c1ccc(Nc2nccc(Nc3cccc(Cl)c3)n2)cc1.Nc1ccc(C(F)(F)F)cc1. The van der Waals surface area contributed by atoms with Crippen molar-refractivity contribution in [1.29, 1.82) is 0 Å². The summed E-state index contributed by atoms with van der Waals surface area (Å²) in [6, 6.07) is 26.9. The molecule has 5 N–H and O–H groups in total. The van der Waals surface area contributed by atoms with E-state index in [2.05, 4.69) is 35.9 Å². The Hall–Kier alpha value is -5.31. The number of alkyl halides is 6. The molecule has 4 aromatic carbocycles. The minimum absolute atomic E-state index is 0.210. The molecule has 0 unspecified atom stereocenters. The maximum atomic E-state index is 12.6. The van der Waals surface area contributed by atoms with Gasteiger partial charge in [0.15, 0.2) is 0 Å². The average Bonchev–Trinajstić information content (AvgIpc) is 3.05. The minimum atomic E-state index is -4.37. The number of hydrogen-bond acceptors (Lipinski definition) is 8. The molecule has 0 aliphatic heterocycles. The van der Waals surface area contributed by atoms with Crippen LogP contribution in [0.3, 0.4) is 0 Å². The second kappa shape index (κ2) is 17.6. The molecule has 2 aromatic heterocycles. The van der Waals surface area contributed by atoms with E-state index in [1.807, 2.05) is 18.2 Å². The van der Waals surface area contributed by atoms with Crippen molar-refractivity contribution in [1.82, 2.24) is 19.9 Å². The van der Waals surface area contributed by atoms with Gasteiger partial charge < -0.3 is 21.7 Å². The van der Waals surface area contributed by atoms with Crippen LogP contribution in [0, 0.1) is 0 Å². The first-order chi connectivity index (χ1) is 24.1. The topological polar surface area (TPSA) is 114 Å². The van der Waals surface area contributed by atoms with Gasteiger partial charge in [-0.1, -0.05) is 35.3 Å². The molecular formula is C34H25Cl3F6N8. The molecule has 0 saturated carbocycles. The third-order valence-corrected chi connectivity index (χ3v) is 6.83. The molecule has 0 aliphatic rings. The van der Waals surface area contributed by atoms with Crippen molar-refractivity contribution >= 4 is 75.1 Å². The Morgan fingerprint density at radius 3 is 1.45 bits per heavy atom. The highest BCUT2D eigenvalue weighted by Gasteiger charge is 2.30. The lowest BCUT2D eigenvalue weighted by Crippen LogP contribution is -2.05. The third-order valence-electron chi connectivity index (χ3n) is 6.18. The second-order valence-electron chi connectivity index (χ2n) is 10.1. The molecule has 0 spiro atoms. The first-order valence-corrected chi connectivity index (χ1v) is 15.5. The van der Waals surface area contributed by atoms with Crippen LogP contribution in [-0.4, -0.2) is 19.9 Å². The second-order valence-corrected chi connectivity index (χ2v) is 11.3. The number of rotatable bonds is 6. The Kier molecular flexibility index (Phi) is 13.3. The number of nitrogen functional groups attached to an aromatic ring is 1. The van der Waals surface area contributed by atoms with Gasteiger partial charge >= 0.3 is 12.4 Å². The van der Waals surface area contributed by atoms with Gasteiger partial charge in [0.2, 0.25) is 11.2 Å². The van der Waals surface area contributed by atoms with E-state index in [4.69, 9.17) is 40.5 Å². The van der Waals surface area contributed by atoms with Gasteiger partial charge in [0.05, 0.1) is 11.1 Å². The Labute approximate surface area is 302 Å². The quantitative estimate of drug-likeness (QED) is 0.0753. The number of benzene rings is 4. The Morgan fingerprint density at radius 1 is 0.510 bits per heavy atom. The summed E-state index contributed by atoms with van der Waals surface area (Å²) in [6.07, 6.45) is -5.52.